The molecule has 1 heterocycles. The first-order valence-electron chi connectivity index (χ1n) is 9.02. The van der Waals surface area contributed by atoms with Gasteiger partial charge >= 0.3 is 0 Å². The third-order valence-electron chi connectivity index (χ3n) is 4.85. The number of amides is 1. The summed E-state index contributed by atoms with van der Waals surface area (Å²) < 4.78 is 5.16. The van der Waals surface area contributed by atoms with Crippen molar-refractivity contribution in [3.63, 3.8) is 0 Å². The van der Waals surface area contributed by atoms with E-state index in [0.29, 0.717) is 6.54 Å². The van der Waals surface area contributed by atoms with Crippen LogP contribution < -0.4 is 10.1 Å². The lowest BCUT2D eigenvalue weighted by Crippen LogP contribution is -2.42. The Morgan fingerprint density at radius 2 is 2.00 bits per heavy atom. The van der Waals surface area contributed by atoms with E-state index in [1.165, 1.54) is 0 Å². The Morgan fingerprint density at radius 3 is 2.73 bits per heavy atom. The fraction of sp³-hybridized carbons (Fsp3) is 0.381. The van der Waals surface area contributed by atoms with Crippen LogP contribution in [0.5, 0.6) is 5.75 Å². The highest BCUT2D eigenvalue weighted by Gasteiger charge is 2.25. The van der Waals surface area contributed by atoms with Gasteiger partial charge in [0.05, 0.1) is 13.0 Å². The molecule has 138 valence electrons. The van der Waals surface area contributed by atoms with Crippen LogP contribution >= 0.6 is 11.6 Å². The molecule has 1 amide bonds. The number of ether oxygens (including phenoxy) is 1. The van der Waals surface area contributed by atoms with Crippen molar-refractivity contribution in [2.75, 3.05) is 20.2 Å². The number of carbonyl (C=O) groups excluding carboxylic acids is 1. The van der Waals surface area contributed by atoms with E-state index in [-0.39, 0.29) is 11.8 Å². The van der Waals surface area contributed by atoms with Gasteiger partial charge in [-0.15, -0.1) is 0 Å². The van der Waals surface area contributed by atoms with Gasteiger partial charge in [-0.25, -0.2) is 0 Å². The first-order valence-corrected chi connectivity index (χ1v) is 9.40. The molecule has 0 radical (unpaired) electrons. The standard InChI is InChI=1S/C21H25ClN2O2/c1-26-19-10-8-16(9-11-19)13-23-21(25)18-6-4-12-24(15-18)14-17-5-2-3-7-20(17)22/h2-3,5,7-11,18H,4,6,12-15H2,1H3,(H,23,25)/t18-/m0/s1. The molecule has 0 unspecified atom stereocenters. The van der Waals surface area contributed by atoms with E-state index in [0.717, 1.165) is 54.4 Å². The largest absolute Gasteiger partial charge is 0.497 e. The Morgan fingerprint density at radius 1 is 1.23 bits per heavy atom. The number of likely N-dealkylation sites (tertiary alicyclic amines) is 1. The minimum Gasteiger partial charge on any atom is -0.497 e. The molecule has 1 aliphatic rings. The second kappa shape index (κ2) is 9.06. The Bertz CT molecular complexity index is 733. The Kier molecular flexibility index (Phi) is 6.53. The Balaban J connectivity index is 1.51. The van der Waals surface area contributed by atoms with Crippen LogP contribution in [0.4, 0.5) is 0 Å². The molecule has 0 aromatic heterocycles. The number of methoxy groups -OCH3 is 1. The lowest BCUT2D eigenvalue weighted by atomic mass is 9.96. The lowest BCUT2D eigenvalue weighted by Gasteiger charge is -2.32. The number of benzene rings is 2. The molecule has 1 saturated heterocycles. The molecule has 2 aromatic rings. The average Bonchev–Trinajstić information content (AvgIpc) is 2.68. The second-order valence-electron chi connectivity index (χ2n) is 6.73. The molecular weight excluding hydrogens is 348 g/mol. The zero-order valence-electron chi connectivity index (χ0n) is 15.1. The Labute approximate surface area is 160 Å². The SMILES string of the molecule is COc1ccc(CNC(=O)[C@H]2CCCN(Cc3ccccc3Cl)C2)cc1. The summed E-state index contributed by atoms with van der Waals surface area (Å²) >= 11 is 6.27. The summed E-state index contributed by atoms with van der Waals surface area (Å²) in [6.45, 7) is 3.12. The summed E-state index contributed by atoms with van der Waals surface area (Å²) in [7, 11) is 1.65. The summed E-state index contributed by atoms with van der Waals surface area (Å²) in [5, 5.41) is 3.86. The fourth-order valence-corrected chi connectivity index (χ4v) is 3.55. The number of halogens is 1. The van der Waals surface area contributed by atoms with Gasteiger partial charge in [-0.05, 0) is 48.7 Å². The molecule has 26 heavy (non-hydrogen) atoms. The van der Waals surface area contributed by atoms with E-state index in [4.69, 9.17) is 16.3 Å². The molecule has 0 spiro atoms. The smallest absolute Gasteiger partial charge is 0.224 e. The molecule has 1 aliphatic heterocycles. The van der Waals surface area contributed by atoms with Crippen molar-refractivity contribution in [3.8, 4) is 5.75 Å². The minimum absolute atomic E-state index is 0.0319. The van der Waals surface area contributed by atoms with Crippen LogP contribution in [0.2, 0.25) is 5.02 Å². The van der Waals surface area contributed by atoms with Crippen molar-refractivity contribution >= 4 is 17.5 Å². The predicted molar refractivity (Wildman–Crippen MR) is 104 cm³/mol. The van der Waals surface area contributed by atoms with Gasteiger partial charge in [-0.3, -0.25) is 9.69 Å². The average molecular weight is 373 g/mol. The third-order valence-corrected chi connectivity index (χ3v) is 5.22. The van der Waals surface area contributed by atoms with E-state index >= 15 is 0 Å². The topological polar surface area (TPSA) is 41.6 Å². The van der Waals surface area contributed by atoms with E-state index in [2.05, 4.69) is 16.3 Å². The highest BCUT2D eigenvalue weighted by atomic mass is 35.5. The molecule has 4 nitrogen and oxygen atoms in total. The van der Waals surface area contributed by atoms with Crippen molar-refractivity contribution in [1.29, 1.82) is 0 Å². The number of nitrogens with one attached hydrogen (secondary N) is 1. The maximum absolute atomic E-state index is 12.6. The van der Waals surface area contributed by atoms with Gasteiger partial charge in [-0.1, -0.05) is 41.9 Å². The number of carbonyl (C=O) groups is 1. The highest BCUT2D eigenvalue weighted by Crippen LogP contribution is 2.22. The van der Waals surface area contributed by atoms with Crippen molar-refractivity contribution in [1.82, 2.24) is 10.2 Å². The summed E-state index contributed by atoms with van der Waals surface area (Å²) in [6.07, 6.45) is 1.97. The second-order valence-corrected chi connectivity index (χ2v) is 7.14. The zero-order valence-corrected chi connectivity index (χ0v) is 15.8. The monoisotopic (exact) mass is 372 g/mol. The summed E-state index contributed by atoms with van der Waals surface area (Å²) in [5.74, 6) is 0.983. The summed E-state index contributed by atoms with van der Waals surface area (Å²) in [6, 6.07) is 15.7. The molecule has 5 heteroatoms. The fourth-order valence-electron chi connectivity index (χ4n) is 3.36. The van der Waals surface area contributed by atoms with Crippen LogP contribution in [-0.2, 0) is 17.9 Å². The van der Waals surface area contributed by atoms with Gasteiger partial charge < -0.3 is 10.1 Å². The van der Waals surface area contributed by atoms with Crippen molar-refractivity contribution in [3.05, 3.63) is 64.7 Å². The number of nitrogens with zero attached hydrogens (tertiary/aromatic N) is 1. The van der Waals surface area contributed by atoms with Crippen molar-refractivity contribution < 1.29 is 9.53 Å². The third kappa shape index (κ3) is 4.99. The van der Waals surface area contributed by atoms with Crippen LogP contribution in [0, 0.1) is 5.92 Å². The molecule has 0 bridgehead atoms. The van der Waals surface area contributed by atoms with Gasteiger partial charge in [0.2, 0.25) is 5.91 Å². The van der Waals surface area contributed by atoms with Crippen LogP contribution in [-0.4, -0.2) is 31.0 Å². The van der Waals surface area contributed by atoms with Gasteiger partial charge in [0.25, 0.3) is 0 Å². The zero-order chi connectivity index (χ0) is 18.4. The quantitative estimate of drug-likeness (QED) is 0.836. The molecule has 1 N–H and O–H groups in total. The van der Waals surface area contributed by atoms with Crippen LogP contribution in [0.1, 0.15) is 24.0 Å². The van der Waals surface area contributed by atoms with Crippen LogP contribution in [0.25, 0.3) is 0 Å². The first-order chi connectivity index (χ1) is 12.7. The maximum Gasteiger partial charge on any atom is 0.224 e. The maximum atomic E-state index is 12.6. The van der Waals surface area contributed by atoms with Gasteiger partial charge in [0, 0.05) is 24.7 Å². The molecular formula is C21H25ClN2O2. The number of hydrogen-bond acceptors (Lipinski definition) is 3. The van der Waals surface area contributed by atoms with Gasteiger partial charge in [0.15, 0.2) is 0 Å². The molecule has 2 aromatic carbocycles. The predicted octanol–water partition coefficient (Wildman–Crippen LogP) is 3.88. The van der Waals surface area contributed by atoms with E-state index < -0.39 is 0 Å². The minimum atomic E-state index is 0.0319. The molecule has 1 fully saturated rings. The highest BCUT2D eigenvalue weighted by molar-refractivity contribution is 6.31. The van der Waals surface area contributed by atoms with Crippen LogP contribution in [0.3, 0.4) is 0 Å². The Hall–Kier alpha value is -2.04. The van der Waals surface area contributed by atoms with Crippen molar-refractivity contribution in [2.24, 2.45) is 5.92 Å². The molecule has 1 atom stereocenters. The summed E-state index contributed by atoms with van der Waals surface area (Å²) in [5.41, 5.74) is 2.19. The summed E-state index contributed by atoms with van der Waals surface area (Å²) in [4.78, 5) is 14.9. The van der Waals surface area contributed by atoms with E-state index in [9.17, 15) is 4.79 Å². The first kappa shape index (κ1) is 18.7. The number of hydrogen-bond donors (Lipinski definition) is 1. The van der Waals surface area contributed by atoms with Crippen molar-refractivity contribution in [2.45, 2.75) is 25.9 Å². The van der Waals surface area contributed by atoms with Gasteiger partial charge in [0.1, 0.15) is 5.75 Å². The number of piperidine rings is 1. The molecule has 3 rings (SSSR count). The number of rotatable bonds is 6. The normalized spacial score (nSPS) is 17.7. The van der Waals surface area contributed by atoms with Gasteiger partial charge in [-0.2, -0.15) is 0 Å². The molecule has 0 saturated carbocycles. The molecule has 0 aliphatic carbocycles. The van der Waals surface area contributed by atoms with E-state index in [1.807, 2.05) is 42.5 Å². The lowest BCUT2D eigenvalue weighted by molar-refractivity contribution is -0.126. The van der Waals surface area contributed by atoms with E-state index in [1.54, 1.807) is 7.11 Å². The van der Waals surface area contributed by atoms with Crippen LogP contribution in [0.15, 0.2) is 48.5 Å².